The van der Waals surface area contributed by atoms with Crippen molar-refractivity contribution in [2.45, 2.75) is 25.9 Å². The van der Waals surface area contributed by atoms with Gasteiger partial charge in [-0.1, -0.05) is 42.5 Å². The number of amides is 1. The minimum absolute atomic E-state index is 0.590. The number of rotatable bonds is 11. The van der Waals surface area contributed by atoms with Crippen LogP contribution >= 0.6 is 0 Å². The summed E-state index contributed by atoms with van der Waals surface area (Å²) in [6.07, 6.45) is 4.62. The number of hydrogen-bond acceptors (Lipinski definition) is 7. The first-order chi connectivity index (χ1) is 20.6. The number of para-hydroxylation sites is 2. The van der Waals surface area contributed by atoms with E-state index in [0.717, 1.165) is 48.3 Å². The second-order valence-electron chi connectivity index (χ2n) is 10.3. The number of fused-ring (bicyclic) bond motifs is 1. The van der Waals surface area contributed by atoms with Gasteiger partial charge >= 0.3 is 0 Å². The maximum absolute atomic E-state index is 10.8. The van der Waals surface area contributed by atoms with Gasteiger partial charge < -0.3 is 33.5 Å². The SMILES string of the molecule is COCCN(C=O)CCC1CCN(C)CC1.COc1ccc(OCc2ccccc2)cc1.c1ccc2c(c1)OCCO2. The Morgan fingerprint density at radius 1 is 0.833 bits per heavy atom. The molecule has 0 N–H and O–H groups in total. The topological polar surface area (TPSA) is 69.7 Å². The third kappa shape index (κ3) is 12.4. The number of hydrogen-bond donors (Lipinski definition) is 0. The molecule has 3 aromatic rings. The number of piperidine rings is 1. The van der Waals surface area contributed by atoms with Crippen molar-refractivity contribution < 1.29 is 28.5 Å². The van der Waals surface area contributed by atoms with Gasteiger partial charge in [-0.15, -0.1) is 0 Å². The number of carbonyl (C=O) groups is 1. The summed E-state index contributed by atoms with van der Waals surface area (Å²) in [6.45, 7) is 6.54. The Morgan fingerprint density at radius 2 is 1.43 bits per heavy atom. The molecule has 0 aliphatic carbocycles. The Hall–Kier alpha value is -3.75. The molecule has 8 heteroatoms. The van der Waals surface area contributed by atoms with E-state index in [1.54, 1.807) is 14.2 Å². The van der Waals surface area contributed by atoms with Gasteiger partial charge in [-0.3, -0.25) is 4.79 Å². The molecule has 0 bridgehead atoms. The standard InChI is InChI=1S/C14H14O2.C12H24N2O2.C8H8O2/c1-15-13-7-9-14(10-8-13)16-11-12-5-3-2-4-6-12;1-13-6-3-12(4-7-13)5-8-14(11-15)9-10-16-2;1-2-4-8-7(3-1)9-5-6-10-8/h2-10H,11H2,1H3;11-12H,3-10H2,1-2H3;1-4H,5-6H2. The summed E-state index contributed by atoms with van der Waals surface area (Å²) in [5.74, 6) is 4.19. The summed E-state index contributed by atoms with van der Waals surface area (Å²) in [5, 5.41) is 0. The van der Waals surface area contributed by atoms with Gasteiger partial charge in [0.1, 0.15) is 31.3 Å². The normalized spacial score (nSPS) is 14.4. The van der Waals surface area contributed by atoms with Gasteiger partial charge in [-0.05, 0) is 87.3 Å². The van der Waals surface area contributed by atoms with Crippen molar-refractivity contribution in [2.75, 3.05) is 67.3 Å². The van der Waals surface area contributed by atoms with Crippen LogP contribution in [0.2, 0.25) is 0 Å². The first-order valence-corrected chi connectivity index (χ1v) is 14.6. The lowest BCUT2D eigenvalue weighted by Gasteiger charge is -2.30. The highest BCUT2D eigenvalue weighted by Crippen LogP contribution is 2.28. The number of nitrogens with zero attached hydrogens (tertiary/aromatic N) is 2. The van der Waals surface area contributed by atoms with E-state index in [-0.39, 0.29) is 0 Å². The van der Waals surface area contributed by atoms with Crippen molar-refractivity contribution in [1.82, 2.24) is 9.80 Å². The van der Waals surface area contributed by atoms with E-state index in [1.807, 2.05) is 83.8 Å². The summed E-state index contributed by atoms with van der Waals surface area (Å²) >= 11 is 0. The smallest absolute Gasteiger partial charge is 0.209 e. The third-order valence-corrected chi connectivity index (χ3v) is 7.15. The van der Waals surface area contributed by atoms with E-state index >= 15 is 0 Å². The Morgan fingerprint density at radius 3 is 2.00 bits per heavy atom. The van der Waals surface area contributed by atoms with E-state index < -0.39 is 0 Å². The predicted octanol–water partition coefficient (Wildman–Crippen LogP) is 5.56. The second kappa shape index (κ2) is 19.4. The van der Waals surface area contributed by atoms with Crippen molar-refractivity contribution >= 4 is 6.41 Å². The van der Waals surface area contributed by atoms with Crippen molar-refractivity contribution in [2.24, 2.45) is 5.92 Å². The van der Waals surface area contributed by atoms with Gasteiger partial charge in [0.2, 0.25) is 6.41 Å². The van der Waals surface area contributed by atoms with Gasteiger partial charge in [0.15, 0.2) is 11.5 Å². The zero-order chi connectivity index (χ0) is 29.8. The number of methoxy groups -OCH3 is 2. The monoisotopic (exact) mass is 578 g/mol. The molecule has 2 aliphatic rings. The van der Waals surface area contributed by atoms with E-state index in [1.165, 1.54) is 31.5 Å². The number of benzene rings is 3. The zero-order valence-corrected chi connectivity index (χ0v) is 25.3. The highest BCUT2D eigenvalue weighted by atomic mass is 16.6. The van der Waals surface area contributed by atoms with Crippen molar-refractivity contribution in [3.8, 4) is 23.0 Å². The Labute approximate surface area is 251 Å². The Balaban J connectivity index is 0.000000177. The van der Waals surface area contributed by atoms with Crippen LogP contribution in [-0.2, 0) is 16.1 Å². The second-order valence-corrected chi connectivity index (χ2v) is 10.3. The van der Waals surface area contributed by atoms with E-state index in [2.05, 4.69) is 11.9 Å². The highest BCUT2D eigenvalue weighted by Gasteiger charge is 2.17. The summed E-state index contributed by atoms with van der Waals surface area (Å²) in [5.41, 5.74) is 1.17. The lowest BCUT2D eigenvalue weighted by molar-refractivity contribution is -0.118. The zero-order valence-electron chi connectivity index (χ0n) is 25.3. The minimum atomic E-state index is 0.590. The summed E-state index contributed by atoms with van der Waals surface area (Å²) in [6, 6.07) is 25.4. The van der Waals surface area contributed by atoms with Crippen molar-refractivity contribution in [1.29, 1.82) is 0 Å². The molecule has 42 heavy (non-hydrogen) atoms. The lowest BCUT2D eigenvalue weighted by atomic mass is 9.94. The quantitative estimate of drug-likeness (QED) is 0.276. The predicted molar refractivity (Wildman–Crippen MR) is 166 cm³/mol. The average molecular weight is 579 g/mol. The molecule has 228 valence electrons. The van der Waals surface area contributed by atoms with Gasteiger partial charge in [0.05, 0.1) is 13.7 Å². The molecule has 0 atom stereocenters. The summed E-state index contributed by atoms with van der Waals surface area (Å²) in [7, 11) is 5.49. The molecule has 0 radical (unpaired) electrons. The number of likely N-dealkylation sites (tertiary alicyclic amines) is 1. The molecule has 2 aliphatic heterocycles. The molecule has 2 heterocycles. The average Bonchev–Trinajstić information content (AvgIpc) is 3.06. The number of carbonyl (C=O) groups excluding carboxylic acids is 1. The Kier molecular flexibility index (Phi) is 15.1. The van der Waals surface area contributed by atoms with Crippen LogP contribution in [-0.4, -0.2) is 83.5 Å². The van der Waals surface area contributed by atoms with Crippen LogP contribution in [0.5, 0.6) is 23.0 Å². The first kappa shape index (κ1) is 32.8. The van der Waals surface area contributed by atoms with Crippen LogP contribution in [0.1, 0.15) is 24.8 Å². The van der Waals surface area contributed by atoms with Crippen LogP contribution in [0.25, 0.3) is 0 Å². The maximum atomic E-state index is 10.8. The van der Waals surface area contributed by atoms with Crippen molar-refractivity contribution in [3.05, 3.63) is 84.4 Å². The molecule has 1 saturated heterocycles. The first-order valence-electron chi connectivity index (χ1n) is 14.6. The number of ether oxygens (including phenoxy) is 5. The van der Waals surface area contributed by atoms with Crippen molar-refractivity contribution in [3.63, 3.8) is 0 Å². The lowest BCUT2D eigenvalue weighted by Crippen LogP contribution is -2.33. The molecule has 0 aromatic heterocycles. The van der Waals surface area contributed by atoms with Gasteiger partial charge in [0, 0.05) is 20.2 Å². The largest absolute Gasteiger partial charge is 0.497 e. The van der Waals surface area contributed by atoms with Crippen LogP contribution < -0.4 is 18.9 Å². The molecule has 3 aromatic carbocycles. The van der Waals surface area contributed by atoms with Gasteiger partial charge in [-0.2, -0.15) is 0 Å². The molecule has 1 fully saturated rings. The van der Waals surface area contributed by atoms with E-state index in [4.69, 9.17) is 23.7 Å². The summed E-state index contributed by atoms with van der Waals surface area (Å²) < 4.78 is 26.3. The fourth-order valence-corrected chi connectivity index (χ4v) is 4.53. The molecule has 5 rings (SSSR count). The third-order valence-electron chi connectivity index (χ3n) is 7.15. The molecule has 0 saturated carbocycles. The fourth-order valence-electron chi connectivity index (χ4n) is 4.53. The molecule has 8 nitrogen and oxygen atoms in total. The van der Waals surface area contributed by atoms with E-state index in [9.17, 15) is 4.79 Å². The van der Waals surface area contributed by atoms with E-state index in [0.29, 0.717) is 33.0 Å². The fraction of sp³-hybridized carbons (Fsp3) is 0.441. The van der Waals surface area contributed by atoms with Crippen LogP contribution in [0.4, 0.5) is 0 Å². The molecular weight excluding hydrogens is 532 g/mol. The molecule has 0 unspecified atom stereocenters. The van der Waals surface area contributed by atoms with Gasteiger partial charge in [-0.25, -0.2) is 0 Å². The van der Waals surface area contributed by atoms with Gasteiger partial charge in [0.25, 0.3) is 0 Å². The maximum Gasteiger partial charge on any atom is 0.209 e. The van der Waals surface area contributed by atoms with Crippen LogP contribution in [0.15, 0.2) is 78.9 Å². The Bertz CT molecular complexity index is 1100. The molecular formula is C34H46N2O6. The minimum Gasteiger partial charge on any atom is -0.497 e. The highest BCUT2D eigenvalue weighted by molar-refractivity contribution is 5.46. The molecule has 1 amide bonds. The van der Waals surface area contributed by atoms with Crippen LogP contribution in [0.3, 0.4) is 0 Å². The van der Waals surface area contributed by atoms with Crippen LogP contribution in [0, 0.1) is 5.92 Å². The summed E-state index contributed by atoms with van der Waals surface area (Å²) in [4.78, 5) is 15.0. The molecule has 0 spiro atoms.